The minimum atomic E-state index is -0.483. The molecule has 8 nitrogen and oxygen atoms in total. The van der Waals surface area contributed by atoms with Crippen LogP contribution >= 0.6 is 15.9 Å². The normalized spacial score (nSPS) is 12.4. The van der Waals surface area contributed by atoms with E-state index in [-0.39, 0.29) is 12.5 Å². The summed E-state index contributed by atoms with van der Waals surface area (Å²) in [6, 6.07) is 20.6. The van der Waals surface area contributed by atoms with E-state index in [9.17, 15) is 10.1 Å². The highest BCUT2D eigenvalue weighted by molar-refractivity contribution is 9.10. The summed E-state index contributed by atoms with van der Waals surface area (Å²) in [6.07, 6.45) is 1.37. The quantitative estimate of drug-likeness (QED) is 0.217. The SMILES string of the molecule is O=[N+]([O-])c1cc2c(cc1C=NNc1cc(-c3ccccc3)c3cc(Br)ccc3n1)OCO2. The van der Waals surface area contributed by atoms with Gasteiger partial charge in [-0.1, -0.05) is 46.3 Å². The highest BCUT2D eigenvalue weighted by atomic mass is 79.9. The number of pyridine rings is 1. The van der Waals surface area contributed by atoms with Crippen molar-refractivity contribution in [3.8, 4) is 22.6 Å². The van der Waals surface area contributed by atoms with Gasteiger partial charge in [-0.15, -0.1) is 0 Å². The molecule has 4 aromatic rings. The largest absolute Gasteiger partial charge is 0.454 e. The second kappa shape index (κ2) is 8.27. The van der Waals surface area contributed by atoms with Crippen molar-refractivity contribution in [1.29, 1.82) is 0 Å². The van der Waals surface area contributed by atoms with E-state index in [1.54, 1.807) is 0 Å². The van der Waals surface area contributed by atoms with Crippen molar-refractivity contribution in [2.75, 3.05) is 12.2 Å². The van der Waals surface area contributed by atoms with E-state index in [1.807, 2.05) is 54.6 Å². The summed E-state index contributed by atoms with van der Waals surface area (Å²) < 4.78 is 11.5. The third-order valence-corrected chi connectivity index (χ3v) is 5.45. The first kappa shape index (κ1) is 20.0. The van der Waals surface area contributed by atoms with E-state index in [0.29, 0.717) is 22.9 Å². The Labute approximate surface area is 190 Å². The van der Waals surface area contributed by atoms with Crippen molar-refractivity contribution >= 4 is 44.6 Å². The van der Waals surface area contributed by atoms with Gasteiger partial charge in [-0.3, -0.25) is 15.5 Å². The van der Waals surface area contributed by atoms with Gasteiger partial charge in [0.25, 0.3) is 5.69 Å². The second-order valence-corrected chi connectivity index (χ2v) is 7.89. The highest BCUT2D eigenvalue weighted by Gasteiger charge is 2.22. The number of hydrogen-bond acceptors (Lipinski definition) is 7. The molecule has 1 aliphatic heterocycles. The number of fused-ring (bicyclic) bond motifs is 2. The number of nitrogens with one attached hydrogen (secondary N) is 1. The summed E-state index contributed by atoms with van der Waals surface area (Å²) >= 11 is 3.52. The van der Waals surface area contributed by atoms with Gasteiger partial charge < -0.3 is 9.47 Å². The van der Waals surface area contributed by atoms with E-state index in [0.717, 1.165) is 26.5 Å². The minimum absolute atomic E-state index is 0.0325. The van der Waals surface area contributed by atoms with E-state index in [2.05, 4.69) is 31.4 Å². The summed E-state index contributed by atoms with van der Waals surface area (Å²) in [5.41, 5.74) is 5.88. The number of nitrogens with zero attached hydrogens (tertiary/aromatic N) is 3. The second-order valence-electron chi connectivity index (χ2n) is 6.97. The first-order chi connectivity index (χ1) is 15.6. The Morgan fingerprint density at radius 2 is 1.84 bits per heavy atom. The van der Waals surface area contributed by atoms with Gasteiger partial charge in [0.1, 0.15) is 5.82 Å². The van der Waals surface area contributed by atoms with Crippen LogP contribution < -0.4 is 14.9 Å². The predicted molar refractivity (Wildman–Crippen MR) is 125 cm³/mol. The molecule has 1 aliphatic rings. The molecule has 2 heterocycles. The van der Waals surface area contributed by atoms with Crippen LogP contribution in [-0.4, -0.2) is 22.9 Å². The molecule has 1 aromatic heterocycles. The Bertz CT molecular complexity index is 1380. The third-order valence-electron chi connectivity index (χ3n) is 4.96. The van der Waals surface area contributed by atoms with Gasteiger partial charge in [-0.05, 0) is 41.5 Å². The number of ether oxygens (including phenoxy) is 2. The Kier molecular flexibility index (Phi) is 5.16. The molecule has 0 bridgehead atoms. The van der Waals surface area contributed by atoms with E-state index >= 15 is 0 Å². The predicted octanol–water partition coefficient (Wildman–Crippen LogP) is 5.75. The number of halogens is 1. The molecule has 32 heavy (non-hydrogen) atoms. The molecule has 0 radical (unpaired) electrons. The summed E-state index contributed by atoms with van der Waals surface area (Å²) in [4.78, 5) is 15.6. The molecule has 0 atom stereocenters. The lowest BCUT2D eigenvalue weighted by Gasteiger charge is -2.10. The molecule has 3 aromatic carbocycles. The van der Waals surface area contributed by atoms with Crippen LogP contribution in [0.2, 0.25) is 0 Å². The van der Waals surface area contributed by atoms with Gasteiger partial charge in [0.2, 0.25) is 6.79 Å². The van der Waals surface area contributed by atoms with Crippen LogP contribution in [0.3, 0.4) is 0 Å². The summed E-state index contributed by atoms with van der Waals surface area (Å²) in [5.74, 6) is 1.30. The third kappa shape index (κ3) is 3.85. The van der Waals surface area contributed by atoms with Gasteiger partial charge in [0.15, 0.2) is 11.5 Å². The van der Waals surface area contributed by atoms with Crippen LogP contribution in [-0.2, 0) is 0 Å². The molecule has 0 spiro atoms. The molecule has 1 N–H and O–H groups in total. The van der Waals surface area contributed by atoms with Gasteiger partial charge >= 0.3 is 0 Å². The number of rotatable bonds is 5. The van der Waals surface area contributed by atoms with Crippen molar-refractivity contribution in [2.45, 2.75) is 0 Å². The van der Waals surface area contributed by atoms with Crippen molar-refractivity contribution < 1.29 is 14.4 Å². The monoisotopic (exact) mass is 490 g/mol. The Balaban J connectivity index is 1.51. The lowest BCUT2D eigenvalue weighted by atomic mass is 10.0. The van der Waals surface area contributed by atoms with Crippen LogP contribution in [0.1, 0.15) is 5.56 Å². The van der Waals surface area contributed by atoms with Gasteiger partial charge in [0, 0.05) is 9.86 Å². The molecule has 9 heteroatoms. The lowest BCUT2D eigenvalue weighted by molar-refractivity contribution is -0.385. The number of anilines is 1. The zero-order valence-electron chi connectivity index (χ0n) is 16.5. The smallest absolute Gasteiger partial charge is 0.282 e. The fourth-order valence-corrected chi connectivity index (χ4v) is 3.85. The number of hydrazone groups is 1. The summed E-state index contributed by atoms with van der Waals surface area (Å²) in [7, 11) is 0. The molecule has 0 unspecified atom stereocenters. The standard InChI is InChI=1S/C23H15BrN4O4/c24-16-6-7-19-18(9-16)17(14-4-2-1-3-5-14)10-23(26-19)27-25-12-15-8-21-22(32-13-31-21)11-20(15)28(29)30/h1-12H,13H2,(H,26,27). The average Bonchev–Trinajstić information content (AvgIpc) is 3.26. The Morgan fingerprint density at radius 1 is 1.06 bits per heavy atom. The first-order valence-electron chi connectivity index (χ1n) is 9.61. The summed E-state index contributed by atoms with van der Waals surface area (Å²) in [5, 5.41) is 16.6. The van der Waals surface area contributed by atoms with E-state index in [1.165, 1.54) is 18.3 Å². The first-order valence-corrected chi connectivity index (χ1v) is 10.4. The number of aromatic nitrogens is 1. The number of hydrogen-bond donors (Lipinski definition) is 1. The number of nitro benzene ring substituents is 1. The number of nitro groups is 1. The average molecular weight is 491 g/mol. The maximum atomic E-state index is 11.4. The molecule has 158 valence electrons. The van der Waals surface area contributed by atoms with E-state index < -0.39 is 4.92 Å². The van der Waals surface area contributed by atoms with Crippen LogP contribution in [0.5, 0.6) is 11.5 Å². The van der Waals surface area contributed by atoms with Crippen LogP contribution in [0.25, 0.3) is 22.0 Å². The summed E-state index contributed by atoms with van der Waals surface area (Å²) in [6.45, 7) is 0.0325. The molecule has 0 saturated carbocycles. The van der Waals surface area contributed by atoms with Crippen LogP contribution in [0.4, 0.5) is 11.5 Å². The zero-order valence-corrected chi connectivity index (χ0v) is 18.1. The molecular formula is C23H15BrN4O4. The lowest BCUT2D eigenvalue weighted by Crippen LogP contribution is -1.98. The molecule has 0 saturated heterocycles. The molecule has 0 amide bonds. The van der Waals surface area contributed by atoms with Crippen LogP contribution in [0.15, 0.2) is 76.3 Å². The maximum absolute atomic E-state index is 11.4. The zero-order chi connectivity index (χ0) is 22.1. The molecule has 5 rings (SSSR count). The molecular weight excluding hydrogens is 476 g/mol. The Hall–Kier alpha value is -3.98. The highest BCUT2D eigenvalue weighted by Crippen LogP contribution is 2.37. The fourth-order valence-electron chi connectivity index (χ4n) is 3.49. The maximum Gasteiger partial charge on any atom is 0.282 e. The molecule has 0 fully saturated rings. The minimum Gasteiger partial charge on any atom is -0.454 e. The van der Waals surface area contributed by atoms with Gasteiger partial charge in [0.05, 0.1) is 28.3 Å². The van der Waals surface area contributed by atoms with Crippen molar-refractivity contribution in [3.63, 3.8) is 0 Å². The fraction of sp³-hybridized carbons (Fsp3) is 0.0435. The van der Waals surface area contributed by atoms with E-state index in [4.69, 9.17) is 9.47 Å². The van der Waals surface area contributed by atoms with Gasteiger partial charge in [-0.25, -0.2) is 4.98 Å². The van der Waals surface area contributed by atoms with Crippen LogP contribution in [0, 0.1) is 10.1 Å². The van der Waals surface area contributed by atoms with Crippen molar-refractivity contribution in [1.82, 2.24) is 4.98 Å². The van der Waals surface area contributed by atoms with Gasteiger partial charge in [-0.2, -0.15) is 5.10 Å². The number of benzene rings is 3. The Morgan fingerprint density at radius 3 is 2.62 bits per heavy atom. The molecule has 0 aliphatic carbocycles. The topological polar surface area (TPSA) is 98.9 Å². The van der Waals surface area contributed by atoms with Crippen molar-refractivity contribution in [3.05, 3.63) is 86.9 Å². The van der Waals surface area contributed by atoms with Crippen molar-refractivity contribution in [2.24, 2.45) is 5.10 Å².